The van der Waals surface area contributed by atoms with Gasteiger partial charge >= 0.3 is 5.97 Å². The summed E-state index contributed by atoms with van der Waals surface area (Å²) >= 11 is 0. The lowest BCUT2D eigenvalue weighted by molar-refractivity contribution is -0.148. The molecule has 0 aromatic heterocycles. The van der Waals surface area contributed by atoms with Crippen LogP contribution in [0.5, 0.6) is 0 Å². The first-order valence-electron chi connectivity index (χ1n) is 5.06. The van der Waals surface area contributed by atoms with Crippen molar-refractivity contribution in [1.29, 1.82) is 0 Å². The normalized spacial score (nSPS) is 13.0. The van der Waals surface area contributed by atoms with Crippen molar-refractivity contribution in [2.75, 3.05) is 7.11 Å². The number of hydrogen-bond donors (Lipinski definition) is 0. The molecule has 1 aliphatic rings. The van der Waals surface area contributed by atoms with Gasteiger partial charge in [0.15, 0.2) is 0 Å². The zero-order valence-corrected chi connectivity index (χ0v) is 9.24. The fourth-order valence-electron chi connectivity index (χ4n) is 1.89. The van der Waals surface area contributed by atoms with Crippen LogP contribution in [0.15, 0.2) is 24.3 Å². The first-order chi connectivity index (χ1) is 7.63. The number of esters is 1. The molecule has 0 amide bonds. The third-order valence-electron chi connectivity index (χ3n) is 2.69. The van der Waals surface area contributed by atoms with Crippen molar-refractivity contribution < 1.29 is 14.3 Å². The number of allylic oxidation sites excluding steroid dienone is 1. The monoisotopic (exact) mass is 216 g/mol. The van der Waals surface area contributed by atoms with Gasteiger partial charge in [0.1, 0.15) is 0 Å². The Morgan fingerprint density at radius 1 is 1.31 bits per heavy atom. The summed E-state index contributed by atoms with van der Waals surface area (Å²) < 4.78 is 4.43. The summed E-state index contributed by atoms with van der Waals surface area (Å²) in [6.07, 6.45) is 2.48. The molecule has 16 heavy (non-hydrogen) atoms. The number of hydrogen-bond acceptors (Lipinski definition) is 3. The maximum atomic E-state index is 11.7. The summed E-state index contributed by atoms with van der Waals surface area (Å²) in [7, 11) is 1.21. The lowest BCUT2D eigenvalue weighted by atomic mass is 10.0. The molecule has 0 atom stereocenters. The molecule has 1 aromatic rings. The van der Waals surface area contributed by atoms with Gasteiger partial charge in [-0.1, -0.05) is 29.8 Å². The molecule has 3 heteroatoms. The summed E-state index contributed by atoms with van der Waals surface area (Å²) in [4.78, 5) is 22.8. The van der Waals surface area contributed by atoms with Crippen LogP contribution in [0.25, 0.3) is 5.57 Å². The SMILES string of the molecule is COC(=O)C(=O)C1=CCc2cc(C)ccc21. The van der Waals surface area contributed by atoms with E-state index in [1.54, 1.807) is 6.08 Å². The molecular weight excluding hydrogens is 204 g/mol. The van der Waals surface area contributed by atoms with Gasteiger partial charge in [0.05, 0.1) is 7.11 Å². The molecule has 0 aliphatic heterocycles. The predicted molar refractivity (Wildman–Crippen MR) is 59.9 cm³/mol. The van der Waals surface area contributed by atoms with Crippen LogP contribution in [0.2, 0.25) is 0 Å². The van der Waals surface area contributed by atoms with E-state index in [1.165, 1.54) is 7.11 Å². The minimum atomic E-state index is -0.806. The van der Waals surface area contributed by atoms with E-state index in [4.69, 9.17) is 0 Å². The number of fused-ring (bicyclic) bond motifs is 1. The second kappa shape index (κ2) is 3.93. The van der Waals surface area contributed by atoms with Crippen LogP contribution in [-0.4, -0.2) is 18.9 Å². The van der Waals surface area contributed by atoms with Crippen molar-refractivity contribution in [2.24, 2.45) is 0 Å². The molecule has 0 N–H and O–H groups in total. The van der Waals surface area contributed by atoms with Crippen LogP contribution in [0.1, 0.15) is 16.7 Å². The fraction of sp³-hybridized carbons (Fsp3) is 0.231. The molecule has 0 bridgehead atoms. The van der Waals surface area contributed by atoms with Gasteiger partial charge in [0.2, 0.25) is 0 Å². The molecule has 0 radical (unpaired) electrons. The van der Waals surface area contributed by atoms with E-state index >= 15 is 0 Å². The number of benzene rings is 1. The fourth-order valence-corrected chi connectivity index (χ4v) is 1.89. The molecular formula is C13H12O3. The van der Waals surface area contributed by atoms with Crippen LogP contribution in [0, 0.1) is 6.92 Å². The lowest BCUT2D eigenvalue weighted by Gasteiger charge is -2.04. The average molecular weight is 216 g/mol. The van der Waals surface area contributed by atoms with E-state index in [9.17, 15) is 9.59 Å². The Hall–Kier alpha value is -1.90. The van der Waals surface area contributed by atoms with Crippen molar-refractivity contribution in [2.45, 2.75) is 13.3 Å². The highest BCUT2D eigenvalue weighted by Gasteiger charge is 2.25. The van der Waals surface area contributed by atoms with E-state index in [1.807, 2.05) is 25.1 Å². The van der Waals surface area contributed by atoms with E-state index in [0.717, 1.165) is 16.7 Å². The zero-order chi connectivity index (χ0) is 11.7. The summed E-state index contributed by atoms with van der Waals surface area (Å²) in [5, 5.41) is 0. The molecule has 0 unspecified atom stereocenters. The largest absolute Gasteiger partial charge is 0.463 e. The molecule has 3 nitrogen and oxygen atoms in total. The number of rotatable bonds is 2. The molecule has 0 saturated heterocycles. The quantitative estimate of drug-likeness (QED) is 0.558. The maximum absolute atomic E-state index is 11.7. The van der Waals surface area contributed by atoms with Crippen LogP contribution >= 0.6 is 0 Å². The maximum Gasteiger partial charge on any atom is 0.379 e. The number of methoxy groups -OCH3 is 1. The third-order valence-corrected chi connectivity index (χ3v) is 2.69. The zero-order valence-electron chi connectivity index (χ0n) is 9.24. The summed E-state index contributed by atoms with van der Waals surface area (Å²) in [6, 6.07) is 5.84. The van der Waals surface area contributed by atoms with Crippen molar-refractivity contribution in [3.8, 4) is 0 Å². The highest BCUT2D eigenvalue weighted by atomic mass is 16.5. The van der Waals surface area contributed by atoms with E-state index < -0.39 is 11.8 Å². The number of ether oxygens (including phenoxy) is 1. The van der Waals surface area contributed by atoms with Crippen LogP contribution in [0.4, 0.5) is 0 Å². The van der Waals surface area contributed by atoms with E-state index in [0.29, 0.717) is 12.0 Å². The van der Waals surface area contributed by atoms with Gasteiger partial charge in [0.25, 0.3) is 5.78 Å². The second-order valence-corrected chi connectivity index (χ2v) is 3.80. The Morgan fingerprint density at radius 2 is 2.06 bits per heavy atom. The van der Waals surface area contributed by atoms with Gasteiger partial charge in [-0.15, -0.1) is 0 Å². The standard InChI is InChI=1S/C13H12O3/c1-8-3-5-10-9(7-8)4-6-11(10)12(14)13(15)16-2/h3,5-7H,4H2,1-2H3. The molecule has 0 saturated carbocycles. The summed E-state index contributed by atoms with van der Waals surface area (Å²) in [6.45, 7) is 2.00. The van der Waals surface area contributed by atoms with Crippen molar-refractivity contribution in [3.05, 3.63) is 41.0 Å². The van der Waals surface area contributed by atoms with Gasteiger partial charge < -0.3 is 4.74 Å². The molecule has 82 valence electrons. The predicted octanol–water partition coefficient (Wildman–Crippen LogP) is 1.68. The number of carbonyl (C=O) groups excluding carboxylic acids is 2. The number of carbonyl (C=O) groups is 2. The average Bonchev–Trinajstić information content (AvgIpc) is 2.69. The highest BCUT2D eigenvalue weighted by Crippen LogP contribution is 2.28. The molecule has 1 aliphatic carbocycles. The van der Waals surface area contributed by atoms with Gasteiger partial charge in [-0.3, -0.25) is 4.79 Å². The van der Waals surface area contributed by atoms with Crippen molar-refractivity contribution >= 4 is 17.3 Å². The molecule has 2 rings (SSSR count). The summed E-state index contributed by atoms with van der Waals surface area (Å²) in [5.74, 6) is -1.37. The van der Waals surface area contributed by atoms with E-state index in [2.05, 4.69) is 4.74 Å². The van der Waals surface area contributed by atoms with Gasteiger partial charge in [-0.2, -0.15) is 0 Å². The third kappa shape index (κ3) is 1.65. The van der Waals surface area contributed by atoms with Crippen LogP contribution < -0.4 is 0 Å². The summed E-state index contributed by atoms with van der Waals surface area (Å²) in [5.41, 5.74) is 3.55. The van der Waals surface area contributed by atoms with Gasteiger partial charge in [-0.25, -0.2) is 4.79 Å². The lowest BCUT2D eigenvalue weighted by Crippen LogP contribution is -2.16. The second-order valence-electron chi connectivity index (χ2n) is 3.80. The Bertz CT molecular complexity index is 498. The minimum absolute atomic E-state index is 0.460. The van der Waals surface area contributed by atoms with E-state index in [-0.39, 0.29) is 0 Å². The number of ketones is 1. The Labute approximate surface area is 93.7 Å². The van der Waals surface area contributed by atoms with Gasteiger partial charge in [0, 0.05) is 5.57 Å². The first-order valence-corrected chi connectivity index (χ1v) is 5.06. The number of aryl methyl sites for hydroxylation is 1. The Kier molecular flexibility index (Phi) is 2.60. The minimum Gasteiger partial charge on any atom is -0.463 e. The highest BCUT2D eigenvalue weighted by molar-refractivity contribution is 6.52. The molecule has 0 heterocycles. The molecule has 1 aromatic carbocycles. The Morgan fingerprint density at radius 3 is 2.75 bits per heavy atom. The smallest absolute Gasteiger partial charge is 0.379 e. The topological polar surface area (TPSA) is 43.4 Å². The van der Waals surface area contributed by atoms with Gasteiger partial charge in [-0.05, 0) is 24.5 Å². The number of Topliss-reactive ketones (excluding diaryl/α,β-unsaturated/α-hetero) is 1. The van der Waals surface area contributed by atoms with Crippen molar-refractivity contribution in [1.82, 2.24) is 0 Å². The molecule has 0 spiro atoms. The van der Waals surface area contributed by atoms with Crippen LogP contribution in [0.3, 0.4) is 0 Å². The Balaban J connectivity index is 2.36. The first kappa shape index (κ1) is 10.6. The van der Waals surface area contributed by atoms with Crippen molar-refractivity contribution in [3.63, 3.8) is 0 Å². The molecule has 0 fully saturated rings. The van der Waals surface area contributed by atoms with Crippen LogP contribution in [-0.2, 0) is 20.7 Å².